The summed E-state index contributed by atoms with van der Waals surface area (Å²) in [6, 6.07) is 0.493. The summed E-state index contributed by atoms with van der Waals surface area (Å²) in [5.41, 5.74) is 0. The van der Waals surface area contributed by atoms with Gasteiger partial charge in [-0.3, -0.25) is 4.79 Å². The highest BCUT2D eigenvalue weighted by Crippen LogP contribution is 2.34. The molecule has 3 unspecified atom stereocenters. The number of Topliss-reactive ketones (excluding diaryl/α,β-unsaturated/α-hetero) is 1. The van der Waals surface area contributed by atoms with E-state index in [-0.39, 0.29) is 0 Å². The Kier molecular flexibility index (Phi) is 4.39. The molecule has 0 aromatic carbocycles. The maximum Gasteiger partial charge on any atom is 0.137 e. The van der Waals surface area contributed by atoms with E-state index in [0.29, 0.717) is 23.7 Å². The van der Waals surface area contributed by atoms with Crippen molar-refractivity contribution in [2.75, 3.05) is 6.54 Å². The lowest BCUT2D eigenvalue weighted by Gasteiger charge is -2.30. The molecule has 1 aliphatic carbocycles. The first-order chi connectivity index (χ1) is 7.81. The van der Waals surface area contributed by atoms with Crippen molar-refractivity contribution in [3.05, 3.63) is 0 Å². The van der Waals surface area contributed by atoms with E-state index in [9.17, 15) is 4.79 Å². The summed E-state index contributed by atoms with van der Waals surface area (Å²) in [5, 5.41) is 3.44. The molecular weight excluding hydrogens is 198 g/mol. The maximum atomic E-state index is 12.3. The molecule has 16 heavy (non-hydrogen) atoms. The number of rotatable bonds is 4. The van der Waals surface area contributed by atoms with Gasteiger partial charge >= 0.3 is 0 Å². The Morgan fingerprint density at radius 1 is 1.19 bits per heavy atom. The van der Waals surface area contributed by atoms with Crippen molar-refractivity contribution in [2.45, 2.75) is 64.3 Å². The monoisotopic (exact) mass is 223 g/mol. The number of carbonyl (C=O) groups excluding carboxylic acids is 1. The van der Waals surface area contributed by atoms with Crippen molar-refractivity contribution in [1.82, 2.24) is 5.32 Å². The quantitative estimate of drug-likeness (QED) is 0.794. The minimum atomic E-state index is 0.390. The second kappa shape index (κ2) is 5.81. The van der Waals surface area contributed by atoms with Crippen LogP contribution in [-0.2, 0) is 4.79 Å². The predicted molar refractivity (Wildman–Crippen MR) is 66.4 cm³/mol. The third kappa shape index (κ3) is 2.85. The Labute approximate surface area is 99.2 Å². The molecule has 0 bridgehead atoms. The molecule has 1 aliphatic heterocycles. The summed E-state index contributed by atoms with van der Waals surface area (Å²) >= 11 is 0. The SMILES string of the molecule is CCC1CCCCC1C(=O)CC1CCCN1. The Hall–Kier alpha value is -0.370. The fourth-order valence-electron chi connectivity index (χ4n) is 3.45. The molecule has 3 atom stereocenters. The van der Waals surface area contributed by atoms with Crippen LogP contribution in [0.15, 0.2) is 0 Å². The van der Waals surface area contributed by atoms with Gasteiger partial charge in [-0.2, -0.15) is 0 Å². The average Bonchev–Trinajstić information content (AvgIpc) is 2.81. The molecule has 2 aliphatic rings. The Balaban J connectivity index is 1.86. The third-order valence-corrected chi connectivity index (χ3v) is 4.46. The molecule has 1 saturated heterocycles. The summed E-state index contributed by atoms with van der Waals surface area (Å²) in [5.74, 6) is 1.62. The maximum absolute atomic E-state index is 12.3. The fraction of sp³-hybridized carbons (Fsp3) is 0.929. The van der Waals surface area contributed by atoms with E-state index in [1.54, 1.807) is 0 Å². The number of carbonyl (C=O) groups is 1. The molecule has 1 heterocycles. The predicted octanol–water partition coefficient (Wildman–Crippen LogP) is 2.91. The summed E-state index contributed by atoms with van der Waals surface area (Å²) in [4.78, 5) is 12.3. The van der Waals surface area contributed by atoms with Crippen LogP contribution in [0.2, 0.25) is 0 Å². The molecule has 2 nitrogen and oxygen atoms in total. The first kappa shape index (κ1) is 12.1. The first-order valence-corrected chi connectivity index (χ1v) is 7.07. The van der Waals surface area contributed by atoms with Crippen LogP contribution < -0.4 is 5.32 Å². The van der Waals surface area contributed by atoms with Gasteiger partial charge in [0, 0.05) is 18.4 Å². The highest BCUT2D eigenvalue weighted by molar-refractivity contribution is 5.82. The van der Waals surface area contributed by atoms with E-state index in [0.717, 1.165) is 19.4 Å². The molecule has 1 N–H and O–H groups in total. The number of nitrogens with one attached hydrogen (secondary N) is 1. The van der Waals surface area contributed by atoms with Crippen molar-refractivity contribution in [2.24, 2.45) is 11.8 Å². The van der Waals surface area contributed by atoms with Crippen LogP contribution in [0.25, 0.3) is 0 Å². The summed E-state index contributed by atoms with van der Waals surface area (Å²) in [6.07, 6.45) is 9.48. The van der Waals surface area contributed by atoms with Gasteiger partial charge in [0.15, 0.2) is 0 Å². The lowest BCUT2D eigenvalue weighted by atomic mass is 9.74. The van der Waals surface area contributed by atoms with Crippen molar-refractivity contribution >= 4 is 5.78 Å². The van der Waals surface area contributed by atoms with Crippen molar-refractivity contribution in [3.63, 3.8) is 0 Å². The molecular formula is C14H25NO. The van der Waals surface area contributed by atoms with Gasteiger partial charge in [-0.15, -0.1) is 0 Å². The van der Waals surface area contributed by atoms with Crippen LogP contribution in [0.1, 0.15) is 58.3 Å². The number of hydrogen-bond donors (Lipinski definition) is 1. The smallest absolute Gasteiger partial charge is 0.137 e. The molecule has 0 aromatic heterocycles. The fourth-order valence-corrected chi connectivity index (χ4v) is 3.45. The second-order valence-corrected chi connectivity index (χ2v) is 5.52. The van der Waals surface area contributed by atoms with Gasteiger partial charge in [0.1, 0.15) is 5.78 Å². The van der Waals surface area contributed by atoms with E-state index >= 15 is 0 Å². The lowest BCUT2D eigenvalue weighted by molar-refractivity contribution is -0.126. The third-order valence-electron chi connectivity index (χ3n) is 4.46. The number of ketones is 1. The molecule has 0 radical (unpaired) electrons. The van der Waals surface area contributed by atoms with Crippen molar-refractivity contribution in [1.29, 1.82) is 0 Å². The molecule has 1 saturated carbocycles. The minimum Gasteiger partial charge on any atom is -0.314 e. The van der Waals surface area contributed by atoms with E-state index in [1.165, 1.54) is 38.5 Å². The van der Waals surface area contributed by atoms with Crippen LogP contribution >= 0.6 is 0 Å². The van der Waals surface area contributed by atoms with E-state index < -0.39 is 0 Å². The summed E-state index contributed by atoms with van der Waals surface area (Å²) in [6.45, 7) is 3.35. The highest BCUT2D eigenvalue weighted by Gasteiger charge is 2.31. The molecule has 0 aromatic rings. The summed E-state index contributed by atoms with van der Waals surface area (Å²) < 4.78 is 0. The molecule has 92 valence electrons. The van der Waals surface area contributed by atoms with E-state index in [4.69, 9.17) is 0 Å². The van der Waals surface area contributed by atoms with Gasteiger partial charge in [-0.1, -0.05) is 26.2 Å². The van der Waals surface area contributed by atoms with Gasteiger partial charge in [-0.05, 0) is 38.1 Å². The zero-order chi connectivity index (χ0) is 11.4. The minimum absolute atomic E-state index is 0.390. The Morgan fingerprint density at radius 3 is 2.69 bits per heavy atom. The van der Waals surface area contributed by atoms with Gasteiger partial charge in [0.2, 0.25) is 0 Å². The zero-order valence-electron chi connectivity index (χ0n) is 10.5. The average molecular weight is 223 g/mol. The molecule has 2 rings (SSSR count). The van der Waals surface area contributed by atoms with Crippen LogP contribution in [0, 0.1) is 11.8 Å². The topological polar surface area (TPSA) is 29.1 Å². The van der Waals surface area contributed by atoms with Gasteiger partial charge < -0.3 is 5.32 Å². The van der Waals surface area contributed by atoms with Gasteiger partial charge in [0.25, 0.3) is 0 Å². The normalized spacial score (nSPS) is 35.2. The summed E-state index contributed by atoms with van der Waals surface area (Å²) in [7, 11) is 0. The van der Waals surface area contributed by atoms with Crippen LogP contribution in [0.4, 0.5) is 0 Å². The number of hydrogen-bond acceptors (Lipinski definition) is 2. The Morgan fingerprint density at radius 2 is 2.00 bits per heavy atom. The van der Waals surface area contributed by atoms with Crippen LogP contribution in [0.5, 0.6) is 0 Å². The Bertz CT molecular complexity index is 233. The first-order valence-electron chi connectivity index (χ1n) is 7.07. The van der Waals surface area contributed by atoms with Gasteiger partial charge in [-0.25, -0.2) is 0 Å². The van der Waals surface area contributed by atoms with Crippen molar-refractivity contribution < 1.29 is 4.79 Å². The zero-order valence-corrected chi connectivity index (χ0v) is 10.5. The van der Waals surface area contributed by atoms with E-state index in [1.807, 2.05) is 0 Å². The van der Waals surface area contributed by atoms with E-state index in [2.05, 4.69) is 12.2 Å². The standard InChI is InChI=1S/C14H25NO/c1-2-11-6-3-4-8-13(11)14(16)10-12-7-5-9-15-12/h11-13,15H,2-10H2,1H3. The van der Waals surface area contributed by atoms with Crippen LogP contribution in [0.3, 0.4) is 0 Å². The highest BCUT2D eigenvalue weighted by atomic mass is 16.1. The molecule has 2 heteroatoms. The second-order valence-electron chi connectivity index (χ2n) is 5.52. The molecule has 2 fully saturated rings. The molecule has 0 amide bonds. The van der Waals surface area contributed by atoms with Crippen LogP contribution in [-0.4, -0.2) is 18.4 Å². The largest absolute Gasteiger partial charge is 0.314 e. The van der Waals surface area contributed by atoms with Crippen molar-refractivity contribution in [3.8, 4) is 0 Å². The van der Waals surface area contributed by atoms with Gasteiger partial charge in [0.05, 0.1) is 0 Å². The lowest BCUT2D eigenvalue weighted by Crippen LogP contribution is -2.32. The molecule has 0 spiro atoms.